The first kappa shape index (κ1) is 23.9. The molecule has 0 saturated carbocycles. The molecule has 6 nitrogen and oxygen atoms in total. The maximum Gasteiger partial charge on any atom is 0.236 e. The van der Waals surface area contributed by atoms with Crippen LogP contribution in [0.25, 0.3) is 27.8 Å². The average molecular weight is 492 g/mol. The number of benzene rings is 1. The largest absolute Gasteiger partial charge is 0.354 e. The molecule has 0 atom stereocenters. The predicted molar refractivity (Wildman–Crippen MR) is 143 cm³/mol. The molecule has 1 amide bonds. The minimum atomic E-state index is 0.176. The summed E-state index contributed by atoms with van der Waals surface area (Å²) in [6.07, 6.45) is 8.01. The number of hydrogen-bond donors (Lipinski definition) is 1. The van der Waals surface area contributed by atoms with Crippen molar-refractivity contribution in [2.75, 3.05) is 33.7 Å². The lowest BCUT2D eigenvalue weighted by Gasteiger charge is -2.32. The molecule has 35 heavy (non-hydrogen) atoms. The first-order valence-electron chi connectivity index (χ1n) is 12.4. The molecule has 4 aromatic rings. The van der Waals surface area contributed by atoms with Crippen molar-refractivity contribution in [1.29, 1.82) is 0 Å². The first-order valence-corrected chi connectivity index (χ1v) is 12.8. The number of aromatic amines is 1. The molecule has 0 unspecified atom stereocenters. The zero-order chi connectivity index (χ0) is 24.9. The first-order chi connectivity index (χ1) is 16.7. The molecule has 1 N–H and O–H groups in total. The topological polar surface area (TPSA) is 56.6 Å². The number of aromatic nitrogens is 3. The van der Waals surface area contributed by atoms with Crippen LogP contribution in [0.3, 0.4) is 0 Å². The summed E-state index contributed by atoms with van der Waals surface area (Å²) in [6, 6.07) is 6.90. The van der Waals surface area contributed by atoms with Crippen molar-refractivity contribution in [3.8, 4) is 11.3 Å². The van der Waals surface area contributed by atoms with Crippen LogP contribution in [0.4, 0.5) is 0 Å². The Morgan fingerprint density at radius 3 is 2.69 bits per heavy atom. The van der Waals surface area contributed by atoms with Crippen LogP contribution < -0.4 is 0 Å². The lowest BCUT2D eigenvalue weighted by Crippen LogP contribution is -2.40. The molecule has 0 aliphatic carbocycles. The predicted octanol–water partition coefficient (Wildman–Crippen LogP) is 5.84. The van der Waals surface area contributed by atoms with E-state index in [2.05, 4.69) is 60.0 Å². The summed E-state index contributed by atoms with van der Waals surface area (Å²) < 4.78 is 2.00. The van der Waals surface area contributed by atoms with Gasteiger partial charge in [-0.15, -0.1) is 0 Å². The molecule has 3 aromatic heterocycles. The summed E-state index contributed by atoms with van der Waals surface area (Å²) in [5.74, 6) is 1.04. The van der Waals surface area contributed by atoms with Crippen molar-refractivity contribution in [3.63, 3.8) is 0 Å². The Kier molecular flexibility index (Phi) is 6.36. The maximum absolute atomic E-state index is 12.1. The Morgan fingerprint density at radius 1 is 1.26 bits per heavy atom. The number of rotatable bonds is 5. The number of H-pyrrole nitrogens is 1. The lowest BCUT2D eigenvalue weighted by atomic mass is 9.87. The molecule has 1 aliphatic heterocycles. The molecule has 1 saturated heterocycles. The van der Waals surface area contributed by atoms with Gasteiger partial charge in [0.2, 0.25) is 5.91 Å². The molecule has 1 aromatic carbocycles. The highest BCUT2D eigenvalue weighted by Crippen LogP contribution is 2.40. The molecule has 0 bridgehead atoms. The highest BCUT2D eigenvalue weighted by Gasteiger charge is 2.25. The van der Waals surface area contributed by atoms with Crippen molar-refractivity contribution < 1.29 is 4.79 Å². The van der Waals surface area contributed by atoms with E-state index >= 15 is 0 Å². The molecule has 4 heterocycles. The van der Waals surface area contributed by atoms with E-state index in [0.717, 1.165) is 53.9 Å². The summed E-state index contributed by atoms with van der Waals surface area (Å²) >= 11 is 6.72. The lowest BCUT2D eigenvalue weighted by molar-refractivity contribution is -0.130. The van der Waals surface area contributed by atoms with Gasteiger partial charge in [-0.25, -0.2) is 4.98 Å². The zero-order valence-corrected chi connectivity index (χ0v) is 22.0. The number of carbonyl (C=O) groups is 1. The van der Waals surface area contributed by atoms with Gasteiger partial charge in [0.25, 0.3) is 0 Å². The van der Waals surface area contributed by atoms with E-state index < -0.39 is 0 Å². The Morgan fingerprint density at radius 2 is 2.00 bits per heavy atom. The number of likely N-dealkylation sites (N-methyl/N-ethyl adjacent to an activating group) is 1. The zero-order valence-electron chi connectivity index (χ0n) is 21.2. The molecule has 0 radical (unpaired) electrons. The summed E-state index contributed by atoms with van der Waals surface area (Å²) in [4.78, 5) is 24.2. The molecule has 1 fully saturated rings. The fourth-order valence-electron chi connectivity index (χ4n) is 5.41. The Labute approximate surface area is 211 Å². The number of likely N-dealkylation sites (tertiary alicyclic amines) is 1. The van der Waals surface area contributed by atoms with Gasteiger partial charge in [0.05, 0.1) is 17.3 Å². The van der Waals surface area contributed by atoms with Gasteiger partial charge in [-0.2, -0.15) is 0 Å². The molecular weight excluding hydrogens is 458 g/mol. The number of fused-ring (bicyclic) bond motifs is 2. The molecule has 5 rings (SSSR count). The Balaban J connectivity index is 1.49. The van der Waals surface area contributed by atoms with Crippen molar-refractivity contribution in [2.45, 2.75) is 45.4 Å². The van der Waals surface area contributed by atoms with Crippen LogP contribution in [-0.4, -0.2) is 63.8 Å². The van der Waals surface area contributed by atoms with E-state index in [0.29, 0.717) is 23.4 Å². The number of nitrogens with one attached hydrogen (secondary N) is 1. The van der Waals surface area contributed by atoms with Crippen molar-refractivity contribution in [2.24, 2.45) is 0 Å². The van der Waals surface area contributed by atoms with E-state index in [1.165, 1.54) is 16.5 Å². The molecule has 184 valence electrons. The monoisotopic (exact) mass is 491 g/mol. The summed E-state index contributed by atoms with van der Waals surface area (Å²) in [5, 5.41) is 1.99. The molecule has 1 aliphatic rings. The summed E-state index contributed by atoms with van der Waals surface area (Å²) in [5.41, 5.74) is 7.95. The van der Waals surface area contributed by atoms with Gasteiger partial charge in [0, 0.05) is 49.2 Å². The van der Waals surface area contributed by atoms with E-state index in [9.17, 15) is 4.79 Å². The van der Waals surface area contributed by atoms with Crippen LogP contribution in [0.15, 0.2) is 36.8 Å². The number of carbonyl (C=O) groups excluding carboxylic acids is 1. The highest BCUT2D eigenvalue weighted by atomic mass is 35.5. The van der Waals surface area contributed by atoms with Crippen LogP contribution in [0.1, 0.15) is 55.2 Å². The summed E-state index contributed by atoms with van der Waals surface area (Å²) in [7, 11) is 3.65. The minimum absolute atomic E-state index is 0.176. The molecule has 0 spiro atoms. The van der Waals surface area contributed by atoms with Crippen molar-refractivity contribution >= 4 is 34.1 Å². The third-order valence-corrected chi connectivity index (χ3v) is 7.95. The fourth-order valence-corrected chi connectivity index (χ4v) is 5.66. The number of hydrogen-bond acceptors (Lipinski definition) is 3. The smallest absolute Gasteiger partial charge is 0.236 e. The average Bonchev–Trinajstić information content (AvgIpc) is 3.46. The highest BCUT2D eigenvalue weighted by molar-refractivity contribution is 6.34. The van der Waals surface area contributed by atoms with E-state index in [1.54, 1.807) is 11.1 Å². The number of amides is 1. The number of pyridine rings is 1. The summed E-state index contributed by atoms with van der Waals surface area (Å²) in [6.45, 7) is 9.01. The van der Waals surface area contributed by atoms with Gasteiger partial charge in [-0.05, 0) is 73.5 Å². The van der Waals surface area contributed by atoms with Gasteiger partial charge in [-0.1, -0.05) is 31.5 Å². The van der Waals surface area contributed by atoms with Crippen LogP contribution in [0.2, 0.25) is 5.02 Å². The number of imidazole rings is 1. The van der Waals surface area contributed by atoms with Crippen LogP contribution >= 0.6 is 11.6 Å². The quantitative estimate of drug-likeness (QED) is 0.382. The number of piperidine rings is 1. The maximum atomic E-state index is 12.1. The third kappa shape index (κ3) is 4.34. The minimum Gasteiger partial charge on any atom is -0.354 e. The third-order valence-electron chi connectivity index (χ3n) is 7.49. The second-order valence-corrected chi connectivity index (χ2v) is 10.7. The van der Waals surface area contributed by atoms with Gasteiger partial charge >= 0.3 is 0 Å². The van der Waals surface area contributed by atoms with Crippen molar-refractivity contribution in [1.82, 2.24) is 24.2 Å². The van der Waals surface area contributed by atoms with E-state index in [4.69, 9.17) is 11.6 Å². The Bertz CT molecular complexity index is 1390. The second-order valence-electron chi connectivity index (χ2n) is 10.4. The van der Waals surface area contributed by atoms with Gasteiger partial charge < -0.3 is 14.3 Å². The van der Waals surface area contributed by atoms with Crippen LogP contribution in [-0.2, 0) is 4.79 Å². The SMILES string of the molecule is Cc1c(-c2[nH]c3ccc(C4CCN(CC(=O)N(C)C)CC4)cc3c2C(C)C)cn2ccnc2c1Cl. The van der Waals surface area contributed by atoms with E-state index in [1.807, 2.05) is 24.7 Å². The van der Waals surface area contributed by atoms with Crippen LogP contribution in [0.5, 0.6) is 0 Å². The fraction of sp³-hybridized carbons (Fsp3) is 0.429. The molecular formula is C28H34ClN5O. The van der Waals surface area contributed by atoms with Gasteiger partial charge in [0.15, 0.2) is 5.65 Å². The molecule has 7 heteroatoms. The van der Waals surface area contributed by atoms with Crippen LogP contribution in [0, 0.1) is 6.92 Å². The normalized spacial score (nSPS) is 15.5. The number of nitrogens with zero attached hydrogens (tertiary/aromatic N) is 4. The van der Waals surface area contributed by atoms with Gasteiger partial charge in [0.1, 0.15) is 0 Å². The van der Waals surface area contributed by atoms with Gasteiger partial charge in [-0.3, -0.25) is 9.69 Å². The van der Waals surface area contributed by atoms with Crippen molar-refractivity contribution in [3.05, 3.63) is 58.5 Å². The standard InChI is InChI=1S/C28H34ClN5O/c1-17(2)25-21-14-20(19-8-11-33(12-9-19)16-24(35)32(4)5)6-7-23(21)31-27(25)22-15-34-13-10-30-28(34)26(29)18(22)3/h6-7,10,13-15,17,19,31H,8-9,11-12,16H2,1-5H3. The Hall–Kier alpha value is -2.83. The van der Waals surface area contributed by atoms with E-state index in [-0.39, 0.29) is 5.91 Å². The second kappa shape index (κ2) is 9.32. The number of halogens is 1.